The Morgan fingerprint density at radius 3 is 2.45 bits per heavy atom. The maximum absolute atomic E-state index is 11.9. The van der Waals surface area contributed by atoms with Gasteiger partial charge in [0.05, 0.1) is 4.92 Å². The van der Waals surface area contributed by atoms with E-state index in [4.69, 9.17) is 23.2 Å². The molecule has 0 spiro atoms. The normalized spacial score (nSPS) is 10.1. The fraction of sp³-hybridized carbons (Fsp3) is 0. The Kier molecular flexibility index (Phi) is 4.11. The summed E-state index contributed by atoms with van der Waals surface area (Å²) in [4.78, 5) is 29.3. The molecule has 0 radical (unpaired) electrons. The number of carbonyl (C=O) groups is 1. The number of halogens is 2. The molecule has 1 heterocycles. The molecule has 0 unspecified atom stereocenters. The number of carbonyl (C=O) groups excluding carboxylic acids is 1. The Labute approximate surface area is 122 Å². The largest absolute Gasteiger partial charge is 0.305 e. The van der Waals surface area contributed by atoms with E-state index < -0.39 is 10.8 Å². The summed E-state index contributed by atoms with van der Waals surface area (Å²) in [5.41, 5.74) is 0.117. The van der Waals surface area contributed by atoms with Crippen molar-refractivity contribution in [2.75, 3.05) is 5.32 Å². The lowest BCUT2D eigenvalue weighted by Crippen LogP contribution is -2.13. The van der Waals surface area contributed by atoms with Gasteiger partial charge in [-0.05, 0) is 12.1 Å². The van der Waals surface area contributed by atoms with Gasteiger partial charge in [0, 0.05) is 17.7 Å². The number of nitrogens with zero attached hydrogens (tertiary/aromatic N) is 3. The van der Waals surface area contributed by atoms with Gasteiger partial charge in [-0.3, -0.25) is 14.9 Å². The third-order valence-electron chi connectivity index (χ3n) is 2.32. The van der Waals surface area contributed by atoms with Crippen molar-refractivity contribution >= 4 is 40.6 Å². The second-order valence-electron chi connectivity index (χ2n) is 3.59. The van der Waals surface area contributed by atoms with E-state index >= 15 is 0 Å². The second-order valence-corrected chi connectivity index (χ2v) is 4.32. The van der Waals surface area contributed by atoms with Gasteiger partial charge in [0.25, 0.3) is 11.6 Å². The summed E-state index contributed by atoms with van der Waals surface area (Å²) in [6, 6.07) is 5.10. The fourth-order valence-electron chi connectivity index (χ4n) is 1.35. The summed E-state index contributed by atoms with van der Waals surface area (Å²) in [6.07, 6.45) is 1.15. The molecular weight excluding hydrogens is 307 g/mol. The summed E-state index contributed by atoms with van der Waals surface area (Å²) in [6.45, 7) is 0. The van der Waals surface area contributed by atoms with Gasteiger partial charge in [0.1, 0.15) is 11.3 Å². The Balaban J connectivity index is 2.20. The van der Waals surface area contributed by atoms with Crippen LogP contribution in [0.15, 0.2) is 30.6 Å². The van der Waals surface area contributed by atoms with Crippen LogP contribution in [0.2, 0.25) is 10.2 Å². The monoisotopic (exact) mass is 312 g/mol. The fourth-order valence-corrected chi connectivity index (χ4v) is 1.63. The molecular formula is C11H6Cl2N4O3. The van der Waals surface area contributed by atoms with Crippen LogP contribution in [0.25, 0.3) is 0 Å². The Morgan fingerprint density at radius 2 is 1.85 bits per heavy atom. The minimum Gasteiger partial charge on any atom is -0.305 e. The first-order valence-electron chi connectivity index (χ1n) is 5.21. The SMILES string of the molecule is O=C(Nc1ncnc(Cl)c1Cl)c1ccc([N+](=O)[O-])cc1. The van der Waals surface area contributed by atoms with Crippen LogP contribution in [0.5, 0.6) is 0 Å². The average Bonchev–Trinajstić information content (AvgIpc) is 2.44. The molecule has 0 atom stereocenters. The van der Waals surface area contributed by atoms with Gasteiger partial charge in [-0.25, -0.2) is 9.97 Å². The van der Waals surface area contributed by atoms with Crippen LogP contribution in [0, 0.1) is 10.1 Å². The quantitative estimate of drug-likeness (QED) is 0.533. The number of hydrogen-bond donors (Lipinski definition) is 1. The van der Waals surface area contributed by atoms with Crippen LogP contribution in [0.4, 0.5) is 11.5 Å². The van der Waals surface area contributed by atoms with Crippen molar-refractivity contribution in [3.05, 3.63) is 56.4 Å². The van der Waals surface area contributed by atoms with Crippen LogP contribution in [0.3, 0.4) is 0 Å². The van der Waals surface area contributed by atoms with Crippen molar-refractivity contribution in [2.45, 2.75) is 0 Å². The maximum atomic E-state index is 11.9. The second kappa shape index (κ2) is 5.81. The first-order valence-corrected chi connectivity index (χ1v) is 5.96. The maximum Gasteiger partial charge on any atom is 0.269 e. The molecule has 0 aliphatic heterocycles. The minimum absolute atomic E-state index is 0.0145. The number of hydrogen-bond acceptors (Lipinski definition) is 5. The summed E-state index contributed by atoms with van der Waals surface area (Å²) >= 11 is 11.5. The minimum atomic E-state index is -0.553. The third-order valence-corrected chi connectivity index (χ3v) is 3.06. The van der Waals surface area contributed by atoms with Gasteiger partial charge < -0.3 is 5.32 Å². The van der Waals surface area contributed by atoms with E-state index in [1.54, 1.807) is 0 Å². The van der Waals surface area contributed by atoms with Crippen LogP contribution in [-0.2, 0) is 0 Å². The van der Waals surface area contributed by atoms with Crippen LogP contribution in [0.1, 0.15) is 10.4 Å². The third kappa shape index (κ3) is 3.01. The van der Waals surface area contributed by atoms with E-state index in [0.29, 0.717) is 0 Å². The van der Waals surface area contributed by atoms with Gasteiger partial charge in [-0.15, -0.1) is 0 Å². The van der Waals surface area contributed by atoms with Crippen LogP contribution < -0.4 is 5.32 Å². The number of amides is 1. The van der Waals surface area contributed by atoms with Crippen molar-refractivity contribution in [3.63, 3.8) is 0 Å². The number of aromatic nitrogens is 2. The highest BCUT2D eigenvalue weighted by atomic mass is 35.5. The van der Waals surface area contributed by atoms with E-state index in [-0.39, 0.29) is 27.2 Å². The number of nitrogens with one attached hydrogen (secondary N) is 1. The number of non-ortho nitro benzene ring substituents is 1. The average molecular weight is 313 g/mol. The lowest BCUT2D eigenvalue weighted by Gasteiger charge is -2.06. The highest BCUT2D eigenvalue weighted by Crippen LogP contribution is 2.25. The van der Waals surface area contributed by atoms with E-state index in [1.807, 2.05) is 0 Å². The molecule has 7 nitrogen and oxygen atoms in total. The molecule has 1 aromatic carbocycles. The van der Waals surface area contributed by atoms with Crippen molar-refractivity contribution in [1.82, 2.24) is 9.97 Å². The zero-order chi connectivity index (χ0) is 14.7. The van der Waals surface area contributed by atoms with Crippen molar-refractivity contribution < 1.29 is 9.72 Å². The van der Waals surface area contributed by atoms with Gasteiger partial charge in [-0.1, -0.05) is 23.2 Å². The van der Waals surface area contributed by atoms with E-state index in [1.165, 1.54) is 24.3 Å². The predicted molar refractivity (Wildman–Crippen MR) is 73.1 cm³/mol. The molecule has 102 valence electrons. The zero-order valence-electron chi connectivity index (χ0n) is 9.71. The van der Waals surface area contributed by atoms with Gasteiger partial charge >= 0.3 is 0 Å². The van der Waals surface area contributed by atoms with Gasteiger partial charge in [0.2, 0.25) is 0 Å². The topological polar surface area (TPSA) is 98.0 Å². The molecule has 0 bridgehead atoms. The van der Waals surface area contributed by atoms with Crippen molar-refractivity contribution in [2.24, 2.45) is 0 Å². The molecule has 0 aliphatic rings. The molecule has 1 amide bonds. The van der Waals surface area contributed by atoms with Crippen LogP contribution in [-0.4, -0.2) is 20.8 Å². The number of anilines is 1. The lowest BCUT2D eigenvalue weighted by atomic mass is 10.2. The Bertz CT molecular complexity index is 676. The molecule has 20 heavy (non-hydrogen) atoms. The molecule has 9 heteroatoms. The zero-order valence-corrected chi connectivity index (χ0v) is 11.2. The number of nitro benzene ring substituents is 1. The summed E-state index contributed by atoms with van der Waals surface area (Å²) in [5, 5.41) is 13.0. The molecule has 1 N–H and O–H groups in total. The summed E-state index contributed by atoms with van der Waals surface area (Å²) in [5.74, 6) is -0.452. The number of rotatable bonds is 3. The van der Waals surface area contributed by atoms with E-state index in [2.05, 4.69) is 15.3 Å². The molecule has 2 aromatic rings. The van der Waals surface area contributed by atoms with E-state index in [0.717, 1.165) is 6.33 Å². The van der Waals surface area contributed by atoms with E-state index in [9.17, 15) is 14.9 Å². The van der Waals surface area contributed by atoms with Gasteiger partial charge in [-0.2, -0.15) is 0 Å². The summed E-state index contributed by atoms with van der Waals surface area (Å²) < 4.78 is 0. The number of benzene rings is 1. The molecule has 2 rings (SSSR count). The first kappa shape index (κ1) is 14.2. The van der Waals surface area contributed by atoms with Crippen LogP contribution >= 0.6 is 23.2 Å². The predicted octanol–water partition coefficient (Wildman–Crippen LogP) is 2.94. The standard InChI is InChI=1S/C11H6Cl2N4O3/c12-8-9(13)14-5-15-10(8)16-11(18)6-1-3-7(4-2-6)17(19)20/h1-5H,(H,14,15,16,18). The highest BCUT2D eigenvalue weighted by molar-refractivity contribution is 6.43. The first-order chi connectivity index (χ1) is 9.49. The molecule has 0 fully saturated rings. The highest BCUT2D eigenvalue weighted by Gasteiger charge is 2.13. The Hall–Kier alpha value is -2.25. The Morgan fingerprint density at radius 1 is 1.20 bits per heavy atom. The lowest BCUT2D eigenvalue weighted by molar-refractivity contribution is -0.384. The molecule has 1 aromatic heterocycles. The smallest absolute Gasteiger partial charge is 0.269 e. The van der Waals surface area contributed by atoms with Crippen molar-refractivity contribution in [1.29, 1.82) is 0 Å². The molecule has 0 saturated carbocycles. The van der Waals surface area contributed by atoms with Crippen molar-refractivity contribution in [3.8, 4) is 0 Å². The van der Waals surface area contributed by atoms with Gasteiger partial charge in [0.15, 0.2) is 11.0 Å². The number of nitro groups is 1. The molecule has 0 saturated heterocycles. The molecule has 0 aliphatic carbocycles. The summed E-state index contributed by atoms with van der Waals surface area (Å²) in [7, 11) is 0.